The van der Waals surface area contributed by atoms with E-state index in [9.17, 15) is 4.79 Å². The lowest BCUT2D eigenvalue weighted by molar-refractivity contribution is 0.0921. The SMILES string of the molecule is Cc1nn(CCCNC(=O)c2ccc(COc3ccc(C(C)(C)C)cc3)o2)c(Cl)c1Cl. The Hall–Kier alpha value is -2.44. The topological polar surface area (TPSA) is 69.3 Å². The molecular formula is C23H27Cl2N3O3. The summed E-state index contributed by atoms with van der Waals surface area (Å²) in [6.45, 7) is 9.56. The second kappa shape index (κ2) is 9.79. The molecule has 0 bridgehead atoms. The van der Waals surface area contributed by atoms with Crippen LogP contribution in [0.3, 0.4) is 0 Å². The first-order valence-corrected chi connectivity index (χ1v) is 10.9. The minimum Gasteiger partial charge on any atom is -0.486 e. The summed E-state index contributed by atoms with van der Waals surface area (Å²) >= 11 is 12.1. The minimum atomic E-state index is -0.276. The number of furan rings is 1. The van der Waals surface area contributed by atoms with Crippen molar-refractivity contribution in [3.63, 3.8) is 0 Å². The number of nitrogens with one attached hydrogen (secondary N) is 1. The molecule has 8 heteroatoms. The molecule has 31 heavy (non-hydrogen) atoms. The lowest BCUT2D eigenvalue weighted by Gasteiger charge is -2.19. The van der Waals surface area contributed by atoms with Crippen LogP contribution in [0.4, 0.5) is 0 Å². The van der Waals surface area contributed by atoms with Gasteiger partial charge in [-0.25, -0.2) is 0 Å². The fourth-order valence-electron chi connectivity index (χ4n) is 2.98. The van der Waals surface area contributed by atoms with E-state index < -0.39 is 0 Å². The smallest absolute Gasteiger partial charge is 0.286 e. The summed E-state index contributed by atoms with van der Waals surface area (Å²) in [4.78, 5) is 12.3. The van der Waals surface area contributed by atoms with Gasteiger partial charge in [-0.1, -0.05) is 56.1 Å². The Morgan fingerprint density at radius 3 is 2.48 bits per heavy atom. The van der Waals surface area contributed by atoms with Crippen LogP contribution in [-0.4, -0.2) is 22.2 Å². The maximum atomic E-state index is 12.3. The number of carbonyl (C=O) groups excluding carboxylic acids is 1. The van der Waals surface area contributed by atoms with Crippen molar-refractivity contribution in [1.82, 2.24) is 15.1 Å². The van der Waals surface area contributed by atoms with Gasteiger partial charge in [0.2, 0.25) is 0 Å². The highest BCUT2D eigenvalue weighted by atomic mass is 35.5. The summed E-state index contributed by atoms with van der Waals surface area (Å²) in [7, 11) is 0. The predicted molar refractivity (Wildman–Crippen MR) is 122 cm³/mol. The fourth-order valence-corrected chi connectivity index (χ4v) is 3.38. The van der Waals surface area contributed by atoms with Crippen LogP contribution < -0.4 is 10.1 Å². The highest BCUT2D eigenvalue weighted by Gasteiger charge is 2.14. The van der Waals surface area contributed by atoms with Gasteiger partial charge >= 0.3 is 0 Å². The molecule has 0 atom stereocenters. The number of hydrogen-bond acceptors (Lipinski definition) is 4. The van der Waals surface area contributed by atoms with Crippen molar-refractivity contribution < 1.29 is 13.9 Å². The first-order chi connectivity index (χ1) is 14.6. The van der Waals surface area contributed by atoms with E-state index in [1.54, 1.807) is 23.7 Å². The van der Waals surface area contributed by atoms with Gasteiger partial charge in [0.05, 0.1) is 5.69 Å². The van der Waals surface area contributed by atoms with Gasteiger partial charge in [-0.3, -0.25) is 9.48 Å². The van der Waals surface area contributed by atoms with Crippen LogP contribution in [0.25, 0.3) is 0 Å². The van der Waals surface area contributed by atoms with E-state index in [1.807, 2.05) is 12.1 Å². The second-order valence-corrected chi connectivity index (χ2v) is 9.09. The summed E-state index contributed by atoms with van der Waals surface area (Å²) in [5, 5.41) is 7.96. The Labute approximate surface area is 192 Å². The molecule has 1 aromatic carbocycles. The first-order valence-electron chi connectivity index (χ1n) is 10.1. The molecule has 0 unspecified atom stereocenters. The van der Waals surface area contributed by atoms with Crippen molar-refractivity contribution in [2.75, 3.05) is 6.54 Å². The fraction of sp³-hybridized carbons (Fsp3) is 0.391. The van der Waals surface area contributed by atoms with Gasteiger partial charge in [0.15, 0.2) is 5.76 Å². The van der Waals surface area contributed by atoms with Gasteiger partial charge in [0.1, 0.15) is 28.3 Å². The van der Waals surface area contributed by atoms with Crippen molar-refractivity contribution in [2.24, 2.45) is 0 Å². The molecule has 3 aromatic rings. The zero-order valence-electron chi connectivity index (χ0n) is 18.2. The highest BCUT2D eigenvalue weighted by Crippen LogP contribution is 2.25. The largest absolute Gasteiger partial charge is 0.486 e. The van der Waals surface area contributed by atoms with Gasteiger partial charge < -0.3 is 14.5 Å². The first kappa shape index (κ1) is 23.2. The van der Waals surface area contributed by atoms with Gasteiger partial charge in [0, 0.05) is 13.1 Å². The van der Waals surface area contributed by atoms with Crippen molar-refractivity contribution >= 4 is 29.1 Å². The number of halogens is 2. The molecule has 0 aliphatic heterocycles. The number of rotatable bonds is 8. The number of benzene rings is 1. The van der Waals surface area contributed by atoms with E-state index in [0.29, 0.717) is 41.1 Å². The average molecular weight is 464 g/mol. The van der Waals surface area contributed by atoms with Crippen LogP contribution in [0, 0.1) is 6.92 Å². The molecule has 0 saturated heterocycles. The van der Waals surface area contributed by atoms with Crippen molar-refractivity contribution in [3.05, 3.63) is 69.4 Å². The van der Waals surface area contributed by atoms with Gasteiger partial charge in [-0.05, 0) is 48.6 Å². The molecule has 6 nitrogen and oxygen atoms in total. The Balaban J connectivity index is 1.44. The number of hydrogen-bond donors (Lipinski definition) is 1. The van der Waals surface area contributed by atoms with Crippen molar-refractivity contribution in [1.29, 1.82) is 0 Å². The predicted octanol–water partition coefficient (Wildman–Crippen LogP) is 5.79. The zero-order valence-corrected chi connectivity index (χ0v) is 19.7. The van der Waals surface area contributed by atoms with E-state index in [4.69, 9.17) is 32.4 Å². The number of amides is 1. The maximum Gasteiger partial charge on any atom is 0.286 e. The van der Waals surface area contributed by atoms with Crippen LogP contribution >= 0.6 is 23.2 Å². The monoisotopic (exact) mass is 463 g/mol. The summed E-state index contributed by atoms with van der Waals surface area (Å²) in [6.07, 6.45) is 0.657. The van der Waals surface area contributed by atoms with E-state index in [1.165, 1.54) is 5.56 Å². The zero-order chi connectivity index (χ0) is 22.6. The van der Waals surface area contributed by atoms with Gasteiger partial charge in [-0.15, -0.1) is 0 Å². The quantitative estimate of drug-likeness (QED) is 0.429. The summed E-state index contributed by atoms with van der Waals surface area (Å²) in [5.74, 6) is 1.31. The highest BCUT2D eigenvalue weighted by molar-refractivity contribution is 6.41. The molecule has 1 amide bonds. The Bertz CT molecular complexity index is 1030. The molecule has 2 heterocycles. The molecule has 0 fully saturated rings. The molecule has 0 radical (unpaired) electrons. The Morgan fingerprint density at radius 1 is 1.16 bits per heavy atom. The number of aromatic nitrogens is 2. The third-order valence-electron chi connectivity index (χ3n) is 4.82. The van der Waals surface area contributed by atoms with E-state index in [-0.39, 0.29) is 23.7 Å². The van der Waals surface area contributed by atoms with E-state index >= 15 is 0 Å². The molecule has 3 rings (SSSR count). The number of aryl methyl sites for hydroxylation is 2. The van der Waals surface area contributed by atoms with E-state index in [2.05, 4.69) is 43.3 Å². The summed E-state index contributed by atoms with van der Waals surface area (Å²) in [6, 6.07) is 11.4. The lowest BCUT2D eigenvalue weighted by Crippen LogP contribution is -2.25. The van der Waals surface area contributed by atoms with Gasteiger partial charge in [0.25, 0.3) is 5.91 Å². The number of nitrogens with zero attached hydrogens (tertiary/aromatic N) is 2. The summed E-state index contributed by atoms with van der Waals surface area (Å²) in [5.41, 5.74) is 2.02. The Kier molecular flexibility index (Phi) is 7.34. The van der Waals surface area contributed by atoms with Crippen LogP contribution in [0.15, 0.2) is 40.8 Å². The standard InChI is InChI=1S/C23H27Cl2N3O3/c1-15-20(24)21(25)28(27-15)13-5-12-26-22(29)19-11-10-18(31-19)14-30-17-8-6-16(7-9-17)23(2,3)4/h6-11H,5,12-14H2,1-4H3,(H,26,29). The Morgan fingerprint density at radius 2 is 1.87 bits per heavy atom. The average Bonchev–Trinajstić information content (AvgIpc) is 3.30. The molecule has 0 saturated carbocycles. The maximum absolute atomic E-state index is 12.3. The minimum absolute atomic E-state index is 0.0957. The molecule has 0 spiro atoms. The molecule has 2 aromatic heterocycles. The third-order valence-corrected chi connectivity index (χ3v) is 5.75. The van der Waals surface area contributed by atoms with Crippen LogP contribution in [0.1, 0.15) is 54.8 Å². The molecule has 166 valence electrons. The summed E-state index contributed by atoms with van der Waals surface area (Å²) < 4.78 is 13.0. The van der Waals surface area contributed by atoms with E-state index in [0.717, 1.165) is 5.75 Å². The van der Waals surface area contributed by atoms with Crippen LogP contribution in [0.2, 0.25) is 10.2 Å². The van der Waals surface area contributed by atoms with Gasteiger partial charge in [-0.2, -0.15) is 5.10 Å². The molecular weight excluding hydrogens is 437 g/mol. The normalized spacial score (nSPS) is 11.5. The van der Waals surface area contributed by atoms with Crippen LogP contribution in [-0.2, 0) is 18.6 Å². The van der Waals surface area contributed by atoms with Crippen molar-refractivity contribution in [2.45, 2.75) is 52.7 Å². The number of carbonyl (C=O) groups is 1. The van der Waals surface area contributed by atoms with Crippen LogP contribution in [0.5, 0.6) is 5.75 Å². The molecule has 0 aliphatic rings. The molecule has 0 aliphatic carbocycles. The molecule has 1 N–H and O–H groups in total. The lowest BCUT2D eigenvalue weighted by atomic mass is 9.87. The second-order valence-electron chi connectivity index (χ2n) is 8.35. The third kappa shape index (κ3) is 6.05. The number of ether oxygens (including phenoxy) is 1. The van der Waals surface area contributed by atoms with Crippen molar-refractivity contribution in [3.8, 4) is 5.75 Å².